The first-order valence-electron chi connectivity index (χ1n) is 5.18. The van der Waals surface area contributed by atoms with E-state index >= 15 is 0 Å². The number of nitrogens with one attached hydrogen (secondary N) is 2. The Balaban J connectivity index is -0.000000256. The van der Waals surface area contributed by atoms with Gasteiger partial charge in [-0.05, 0) is 24.0 Å². The summed E-state index contributed by atoms with van der Waals surface area (Å²) in [6, 6.07) is -2.09. The summed E-state index contributed by atoms with van der Waals surface area (Å²) in [6.45, 7) is 0. The van der Waals surface area contributed by atoms with Crippen LogP contribution in [0.1, 0.15) is 12.8 Å². The fourth-order valence-corrected chi connectivity index (χ4v) is 1.65. The Hall–Kier alpha value is 0.0795. The van der Waals surface area contributed by atoms with Crippen molar-refractivity contribution in [3.05, 3.63) is 11.5 Å². The van der Waals surface area contributed by atoms with Crippen LogP contribution in [0.5, 0.6) is 0 Å². The Morgan fingerprint density at radius 2 is 1.21 bits per heavy atom. The SMILES string of the molecule is CSCCC([NH-])C(=O)[O-].CSCCC([NH-])C(=O)[O-].[Fe+4]. The molecule has 0 spiro atoms. The molecule has 19 heavy (non-hydrogen) atoms. The van der Waals surface area contributed by atoms with Crippen LogP contribution < -0.4 is 10.2 Å². The molecule has 2 N–H and O–H groups in total. The zero-order valence-corrected chi connectivity index (χ0v) is 13.5. The second kappa shape index (κ2) is 16.1. The monoisotopic (exact) mass is 350 g/mol. The minimum absolute atomic E-state index is 0. The Labute approximate surface area is 132 Å². The number of carboxylic acid groups (broad SMARTS) is 2. The number of rotatable bonds is 8. The van der Waals surface area contributed by atoms with Crippen molar-refractivity contribution in [3.63, 3.8) is 0 Å². The minimum Gasteiger partial charge on any atom is -0.670 e. The van der Waals surface area contributed by atoms with Gasteiger partial charge in [0.2, 0.25) is 0 Å². The second-order valence-electron chi connectivity index (χ2n) is 3.31. The average Bonchev–Trinajstić information content (AvgIpc) is 2.33. The van der Waals surface area contributed by atoms with Gasteiger partial charge in [0.1, 0.15) is 0 Å². The summed E-state index contributed by atoms with van der Waals surface area (Å²) in [6.07, 6.45) is 4.51. The van der Waals surface area contributed by atoms with Crippen LogP contribution in [-0.4, -0.2) is 48.0 Å². The topological polar surface area (TPSA) is 128 Å². The molecule has 112 valence electrons. The molecule has 2 atom stereocenters. The number of carboxylic acids is 2. The Morgan fingerprint density at radius 1 is 0.947 bits per heavy atom. The van der Waals surface area contributed by atoms with E-state index in [0.29, 0.717) is 24.3 Å². The number of aliphatic carboxylic acids is 2. The van der Waals surface area contributed by atoms with E-state index in [9.17, 15) is 19.8 Å². The van der Waals surface area contributed by atoms with Gasteiger partial charge in [-0.3, -0.25) is 0 Å². The molecule has 0 aliphatic carbocycles. The van der Waals surface area contributed by atoms with E-state index in [-0.39, 0.29) is 17.1 Å². The Bertz CT molecular complexity index is 224. The molecule has 0 aromatic rings. The van der Waals surface area contributed by atoms with Gasteiger partial charge in [-0.1, -0.05) is 24.9 Å². The quantitative estimate of drug-likeness (QED) is 0.559. The standard InChI is InChI=1S/2C5H10NO2S.Fe/c2*1-9-3-2-4(6)5(7)8;/h2*4,6H,2-3H2,1H3,(H,7,8);/q2*-1;+4/p-2. The van der Waals surface area contributed by atoms with Crippen LogP contribution in [0.25, 0.3) is 11.5 Å². The van der Waals surface area contributed by atoms with E-state index < -0.39 is 24.0 Å². The number of hydrogen-bond acceptors (Lipinski definition) is 6. The minimum atomic E-state index is -1.27. The van der Waals surface area contributed by atoms with E-state index in [1.165, 1.54) is 23.5 Å². The molecule has 0 bridgehead atoms. The van der Waals surface area contributed by atoms with Gasteiger partial charge in [-0.15, -0.1) is 0 Å². The Kier molecular flexibility index (Phi) is 20.5. The van der Waals surface area contributed by atoms with Gasteiger partial charge in [0, 0.05) is 11.9 Å². The molecule has 0 rings (SSSR count). The molecular weight excluding hydrogens is 332 g/mol. The summed E-state index contributed by atoms with van der Waals surface area (Å²) in [5, 5.41) is 19.8. The third kappa shape index (κ3) is 18.1. The van der Waals surface area contributed by atoms with Crippen molar-refractivity contribution in [2.45, 2.75) is 24.9 Å². The van der Waals surface area contributed by atoms with Gasteiger partial charge >= 0.3 is 17.1 Å². The first-order chi connectivity index (χ1) is 8.36. The summed E-state index contributed by atoms with van der Waals surface area (Å²) in [5.41, 5.74) is 13.7. The second-order valence-corrected chi connectivity index (χ2v) is 5.28. The van der Waals surface area contributed by atoms with Crippen LogP contribution in [0, 0.1) is 0 Å². The molecule has 0 radical (unpaired) electrons. The van der Waals surface area contributed by atoms with E-state index in [0.717, 1.165) is 0 Å². The van der Waals surface area contributed by atoms with Gasteiger partial charge < -0.3 is 31.3 Å². The molecule has 0 aliphatic rings. The molecule has 0 aromatic heterocycles. The van der Waals surface area contributed by atoms with Gasteiger partial charge in [0.15, 0.2) is 0 Å². The maximum atomic E-state index is 9.90. The van der Waals surface area contributed by atoms with Crippen LogP contribution in [0.2, 0.25) is 0 Å². The van der Waals surface area contributed by atoms with Crippen molar-refractivity contribution in [2.24, 2.45) is 0 Å². The van der Waals surface area contributed by atoms with Crippen molar-refractivity contribution in [3.8, 4) is 0 Å². The number of thioether (sulfide) groups is 2. The van der Waals surface area contributed by atoms with Crippen molar-refractivity contribution in [1.82, 2.24) is 0 Å². The van der Waals surface area contributed by atoms with Crippen LogP contribution in [-0.2, 0) is 26.7 Å². The first kappa shape index (κ1) is 24.1. The summed E-state index contributed by atoms with van der Waals surface area (Å²) in [4.78, 5) is 19.8. The fraction of sp³-hybridized carbons (Fsp3) is 0.800. The van der Waals surface area contributed by atoms with Crippen LogP contribution >= 0.6 is 23.5 Å². The molecule has 0 aliphatic heterocycles. The molecule has 0 amide bonds. The van der Waals surface area contributed by atoms with E-state index in [1.807, 2.05) is 12.5 Å². The normalized spacial score (nSPS) is 12.4. The molecule has 0 heterocycles. The zero-order valence-electron chi connectivity index (χ0n) is 10.8. The van der Waals surface area contributed by atoms with Gasteiger partial charge in [-0.25, -0.2) is 0 Å². The summed E-state index contributed by atoms with van der Waals surface area (Å²) >= 11 is 3.07. The maximum Gasteiger partial charge on any atom is 4.00 e. The molecule has 9 heteroatoms. The molecular formula is C10H18FeN2O4S2. The van der Waals surface area contributed by atoms with Gasteiger partial charge in [-0.2, -0.15) is 23.5 Å². The summed E-state index contributed by atoms with van der Waals surface area (Å²) in [5.74, 6) is -1.13. The van der Waals surface area contributed by atoms with E-state index in [4.69, 9.17) is 11.5 Å². The predicted octanol–water partition coefficient (Wildman–Crippen LogP) is -0.182. The molecule has 0 saturated carbocycles. The molecule has 2 unspecified atom stereocenters. The van der Waals surface area contributed by atoms with Gasteiger partial charge in [0.05, 0.1) is 0 Å². The number of hydrogen-bond donors (Lipinski definition) is 0. The predicted molar refractivity (Wildman–Crippen MR) is 72.2 cm³/mol. The van der Waals surface area contributed by atoms with E-state index in [1.54, 1.807) is 0 Å². The van der Waals surface area contributed by atoms with Crippen LogP contribution in [0.4, 0.5) is 0 Å². The van der Waals surface area contributed by atoms with Gasteiger partial charge in [0.25, 0.3) is 0 Å². The third-order valence-electron chi connectivity index (χ3n) is 1.79. The molecule has 0 saturated heterocycles. The fourth-order valence-electron chi connectivity index (χ4n) is 0.707. The summed E-state index contributed by atoms with van der Waals surface area (Å²) in [7, 11) is 0. The largest absolute Gasteiger partial charge is 4.00 e. The van der Waals surface area contributed by atoms with Crippen molar-refractivity contribution >= 4 is 35.5 Å². The molecule has 0 aromatic carbocycles. The first-order valence-corrected chi connectivity index (χ1v) is 7.97. The molecule has 0 fully saturated rings. The molecule has 6 nitrogen and oxygen atoms in total. The van der Waals surface area contributed by atoms with Crippen molar-refractivity contribution in [1.29, 1.82) is 0 Å². The number of carbonyl (C=O) groups excluding carboxylic acids is 2. The number of carbonyl (C=O) groups is 2. The van der Waals surface area contributed by atoms with Crippen molar-refractivity contribution in [2.75, 3.05) is 24.0 Å². The smallest absolute Gasteiger partial charge is 0.670 e. The maximum absolute atomic E-state index is 9.90. The zero-order chi connectivity index (χ0) is 14.6. The average molecular weight is 350 g/mol. The van der Waals surface area contributed by atoms with Crippen molar-refractivity contribution < 1.29 is 36.9 Å². The van der Waals surface area contributed by atoms with Crippen LogP contribution in [0.3, 0.4) is 0 Å². The third-order valence-corrected chi connectivity index (χ3v) is 3.08. The van der Waals surface area contributed by atoms with Crippen LogP contribution in [0.15, 0.2) is 0 Å². The van der Waals surface area contributed by atoms with E-state index in [2.05, 4.69) is 0 Å². The summed E-state index contributed by atoms with van der Waals surface area (Å²) < 4.78 is 0. The Morgan fingerprint density at radius 3 is 1.37 bits per heavy atom.